The van der Waals surface area contributed by atoms with Crippen LogP contribution in [0, 0.1) is 6.92 Å². The molecule has 1 aliphatic carbocycles. The van der Waals surface area contributed by atoms with E-state index in [4.69, 9.17) is 20.8 Å². The van der Waals surface area contributed by atoms with Crippen molar-refractivity contribution in [2.45, 2.75) is 44.6 Å². The molecule has 7 nitrogen and oxygen atoms in total. The number of aryl methyl sites for hydroxylation is 1. The average Bonchev–Trinajstić information content (AvgIpc) is 2.78. The molecule has 1 aromatic carbocycles. The lowest BCUT2D eigenvalue weighted by Crippen LogP contribution is -2.61. The fraction of sp³-hybridized carbons (Fsp3) is 0.583. The minimum Gasteiger partial charge on any atom is -0.482 e. The number of hydrogen-bond donors (Lipinski definition) is 1. The van der Waals surface area contributed by atoms with Gasteiger partial charge in [0.2, 0.25) is 0 Å². The molecule has 2 aromatic rings. The van der Waals surface area contributed by atoms with Crippen molar-refractivity contribution >= 4 is 28.5 Å². The Morgan fingerprint density at radius 2 is 1.88 bits per heavy atom. The number of rotatable bonds is 6. The molecule has 0 atom stereocenters. The van der Waals surface area contributed by atoms with Crippen LogP contribution in [0.15, 0.2) is 27.4 Å². The van der Waals surface area contributed by atoms with Crippen LogP contribution < -0.4 is 15.7 Å². The third-order valence-corrected chi connectivity index (χ3v) is 7.23. The summed E-state index contributed by atoms with van der Waals surface area (Å²) < 4.78 is 10.9. The van der Waals surface area contributed by atoms with E-state index in [-0.39, 0.29) is 18.1 Å². The molecule has 2 fully saturated rings. The number of ether oxygens (including phenoxy) is 1. The van der Waals surface area contributed by atoms with Crippen molar-refractivity contribution in [1.82, 2.24) is 15.1 Å². The lowest BCUT2D eigenvalue weighted by atomic mass is 9.79. The first-order valence-corrected chi connectivity index (χ1v) is 11.8. The van der Waals surface area contributed by atoms with Crippen molar-refractivity contribution in [3.8, 4) is 5.75 Å². The highest BCUT2D eigenvalue weighted by atomic mass is 35.5. The van der Waals surface area contributed by atoms with E-state index in [2.05, 4.69) is 22.2 Å². The zero-order chi connectivity index (χ0) is 22.7. The third kappa shape index (κ3) is 5.11. The molecule has 8 heteroatoms. The third-order valence-electron chi connectivity index (χ3n) is 6.94. The van der Waals surface area contributed by atoms with Crippen LogP contribution >= 0.6 is 11.6 Å². The van der Waals surface area contributed by atoms with Crippen molar-refractivity contribution in [3.05, 3.63) is 39.2 Å². The van der Waals surface area contributed by atoms with Gasteiger partial charge < -0.3 is 19.4 Å². The first-order valence-electron chi connectivity index (χ1n) is 11.4. The molecule has 32 heavy (non-hydrogen) atoms. The van der Waals surface area contributed by atoms with Crippen molar-refractivity contribution in [2.75, 3.05) is 46.4 Å². The van der Waals surface area contributed by atoms with E-state index in [9.17, 15) is 9.59 Å². The number of piperazine rings is 1. The number of nitrogens with one attached hydrogen (secondary N) is 1. The van der Waals surface area contributed by atoms with Crippen molar-refractivity contribution < 1.29 is 13.9 Å². The van der Waals surface area contributed by atoms with Gasteiger partial charge in [-0.1, -0.05) is 30.9 Å². The molecule has 0 bridgehead atoms. The monoisotopic (exact) mass is 461 g/mol. The molecular formula is C24H32ClN3O4. The number of amides is 1. The largest absolute Gasteiger partial charge is 0.482 e. The zero-order valence-corrected chi connectivity index (χ0v) is 19.7. The Morgan fingerprint density at radius 3 is 2.59 bits per heavy atom. The average molecular weight is 462 g/mol. The minimum atomic E-state index is -0.428. The zero-order valence-electron chi connectivity index (χ0n) is 18.9. The molecular weight excluding hydrogens is 430 g/mol. The predicted molar refractivity (Wildman–Crippen MR) is 126 cm³/mol. The Bertz CT molecular complexity index is 1020. The van der Waals surface area contributed by atoms with E-state index < -0.39 is 5.63 Å². The Labute approximate surface area is 193 Å². The summed E-state index contributed by atoms with van der Waals surface area (Å²) in [5.41, 5.74) is 0.786. The molecule has 4 rings (SSSR count). The molecule has 1 N–H and O–H groups in total. The Morgan fingerprint density at radius 1 is 1.16 bits per heavy atom. The molecule has 1 aromatic heterocycles. The molecule has 2 heterocycles. The van der Waals surface area contributed by atoms with Crippen LogP contribution in [0.2, 0.25) is 5.02 Å². The highest BCUT2D eigenvalue weighted by molar-refractivity contribution is 6.32. The summed E-state index contributed by atoms with van der Waals surface area (Å²) in [6.45, 7) is 6.54. The van der Waals surface area contributed by atoms with Gasteiger partial charge >= 0.3 is 5.63 Å². The van der Waals surface area contributed by atoms with Crippen molar-refractivity contribution in [2.24, 2.45) is 0 Å². The van der Waals surface area contributed by atoms with Gasteiger partial charge in [0.05, 0.1) is 5.02 Å². The predicted octanol–water partition coefficient (Wildman–Crippen LogP) is 3.20. The van der Waals surface area contributed by atoms with Gasteiger partial charge in [0.15, 0.2) is 6.61 Å². The van der Waals surface area contributed by atoms with E-state index in [1.54, 1.807) is 12.1 Å². The number of benzene rings is 1. The number of halogens is 1. The highest BCUT2D eigenvalue weighted by Gasteiger charge is 2.39. The fourth-order valence-corrected chi connectivity index (χ4v) is 5.20. The maximum atomic E-state index is 12.6. The molecule has 1 aliphatic heterocycles. The summed E-state index contributed by atoms with van der Waals surface area (Å²) in [5, 5.41) is 4.24. The van der Waals surface area contributed by atoms with Gasteiger partial charge in [-0.05, 0) is 38.4 Å². The van der Waals surface area contributed by atoms with Crippen LogP contribution in [0.5, 0.6) is 5.75 Å². The quantitative estimate of drug-likeness (QED) is 0.666. The van der Waals surface area contributed by atoms with E-state index in [0.29, 0.717) is 22.9 Å². The number of fused-ring (bicyclic) bond motifs is 1. The maximum absolute atomic E-state index is 12.6. The Hall–Kier alpha value is -2.09. The lowest BCUT2D eigenvalue weighted by molar-refractivity contribution is -0.124. The summed E-state index contributed by atoms with van der Waals surface area (Å²) in [5.74, 6) is 0.153. The summed E-state index contributed by atoms with van der Waals surface area (Å²) in [6, 6.07) is 4.70. The molecule has 0 radical (unpaired) electrons. The van der Waals surface area contributed by atoms with Gasteiger partial charge in [-0.25, -0.2) is 4.79 Å². The normalized spacial score (nSPS) is 19.7. The number of carbonyl (C=O) groups is 1. The fourth-order valence-electron chi connectivity index (χ4n) is 4.98. The molecule has 174 valence electrons. The molecule has 2 aliphatic rings. The maximum Gasteiger partial charge on any atom is 0.336 e. The van der Waals surface area contributed by atoms with E-state index >= 15 is 0 Å². The molecule has 1 saturated carbocycles. The first-order chi connectivity index (χ1) is 15.4. The minimum absolute atomic E-state index is 0.0384. The second-order valence-corrected chi connectivity index (χ2v) is 9.58. The first kappa shape index (κ1) is 23.1. The van der Waals surface area contributed by atoms with Gasteiger partial charge in [-0.3, -0.25) is 9.69 Å². The summed E-state index contributed by atoms with van der Waals surface area (Å²) in [6.07, 6.45) is 5.91. The topological polar surface area (TPSA) is 75.0 Å². The van der Waals surface area contributed by atoms with E-state index in [0.717, 1.165) is 50.0 Å². The summed E-state index contributed by atoms with van der Waals surface area (Å²) in [4.78, 5) is 29.2. The lowest BCUT2D eigenvalue weighted by Gasteiger charge is -2.49. The molecule has 0 spiro atoms. The van der Waals surface area contributed by atoms with Gasteiger partial charge in [-0.2, -0.15) is 0 Å². The van der Waals surface area contributed by atoms with Gasteiger partial charge in [0.1, 0.15) is 11.3 Å². The van der Waals surface area contributed by atoms with Gasteiger partial charge in [0.25, 0.3) is 5.91 Å². The van der Waals surface area contributed by atoms with Crippen LogP contribution in [0.1, 0.15) is 37.7 Å². The Balaban J connectivity index is 1.39. The second-order valence-electron chi connectivity index (χ2n) is 9.17. The number of likely N-dealkylation sites (N-methyl/N-ethyl adjacent to an activating group) is 1. The van der Waals surface area contributed by atoms with Crippen LogP contribution in [0.25, 0.3) is 11.0 Å². The van der Waals surface area contributed by atoms with Crippen LogP contribution in [-0.4, -0.2) is 67.6 Å². The SMILES string of the molecule is Cc1cc(=O)oc2cc(OCC(=O)NCC3(N4CCN(C)CC4)CCCCC3)c(Cl)cc12. The number of hydrogen-bond acceptors (Lipinski definition) is 6. The smallest absolute Gasteiger partial charge is 0.336 e. The van der Waals surface area contributed by atoms with Crippen LogP contribution in [-0.2, 0) is 4.79 Å². The van der Waals surface area contributed by atoms with Gasteiger partial charge in [0, 0.05) is 55.8 Å². The van der Waals surface area contributed by atoms with Crippen LogP contribution in [0.4, 0.5) is 0 Å². The summed E-state index contributed by atoms with van der Waals surface area (Å²) in [7, 11) is 2.16. The Kier molecular flexibility index (Phi) is 7.08. The van der Waals surface area contributed by atoms with Crippen molar-refractivity contribution in [3.63, 3.8) is 0 Å². The van der Waals surface area contributed by atoms with Gasteiger partial charge in [-0.15, -0.1) is 0 Å². The summed E-state index contributed by atoms with van der Waals surface area (Å²) >= 11 is 6.35. The number of nitrogens with zero attached hydrogens (tertiary/aromatic N) is 2. The van der Waals surface area contributed by atoms with Crippen LogP contribution in [0.3, 0.4) is 0 Å². The molecule has 1 saturated heterocycles. The van der Waals surface area contributed by atoms with E-state index in [1.807, 2.05) is 6.92 Å². The number of carbonyl (C=O) groups excluding carboxylic acids is 1. The molecule has 0 unspecified atom stereocenters. The highest BCUT2D eigenvalue weighted by Crippen LogP contribution is 2.34. The molecule has 1 amide bonds. The second kappa shape index (κ2) is 9.81. The van der Waals surface area contributed by atoms with Crippen molar-refractivity contribution in [1.29, 1.82) is 0 Å². The van der Waals surface area contributed by atoms with E-state index in [1.165, 1.54) is 25.3 Å². The standard InChI is InChI=1S/C24H32ClN3O4/c1-17-12-23(30)32-20-14-21(19(25)13-18(17)20)31-15-22(29)26-16-24(6-4-3-5-7-24)28-10-8-27(2)9-11-28/h12-14H,3-11,15-16H2,1-2H3,(H,26,29).